The molecule has 0 N–H and O–H groups in total. The minimum Gasteiger partial charge on any atom is -0.466 e. The molecule has 1 aliphatic heterocycles. The predicted molar refractivity (Wildman–Crippen MR) is 50.8 cm³/mol. The fourth-order valence-electron chi connectivity index (χ4n) is 1.42. The van der Waals surface area contributed by atoms with E-state index in [1.54, 1.807) is 6.92 Å². The molecule has 0 aromatic rings. The van der Waals surface area contributed by atoms with Gasteiger partial charge in [-0.05, 0) is 27.2 Å². The second kappa shape index (κ2) is 4.75. The van der Waals surface area contributed by atoms with Gasteiger partial charge in [0.05, 0.1) is 19.3 Å². The van der Waals surface area contributed by atoms with Crippen molar-refractivity contribution >= 4 is 5.97 Å². The molecule has 0 amide bonds. The summed E-state index contributed by atoms with van der Waals surface area (Å²) in [5, 5.41) is 0. The van der Waals surface area contributed by atoms with Gasteiger partial charge in [-0.15, -0.1) is 0 Å². The van der Waals surface area contributed by atoms with Crippen molar-refractivity contribution in [3.63, 3.8) is 0 Å². The molecule has 1 heterocycles. The summed E-state index contributed by atoms with van der Waals surface area (Å²) in [5.74, 6) is -0.667. The third kappa shape index (κ3) is 3.64. The minimum atomic E-state index is -0.501. The molecule has 0 aromatic carbocycles. The number of carbonyl (C=O) groups is 1. The average Bonchev–Trinajstić information content (AvgIpc) is 2.43. The van der Waals surface area contributed by atoms with Crippen molar-refractivity contribution in [1.29, 1.82) is 0 Å². The van der Waals surface area contributed by atoms with Crippen molar-refractivity contribution in [2.45, 2.75) is 45.5 Å². The van der Waals surface area contributed by atoms with Gasteiger partial charge in [-0.3, -0.25) is 4.79 Å². The van der Waals surface area contributed by atoms with Crippen molar-refractivity contribution in [3.8, 4) is 0 Å². The van der Waals surface area contributed by atoms with Crippen LogP contribution >= 0.6 is 0 Å². The second-order valence-corrected chi connectivity index (χ2v) is 3.79. The van der Waals surface area contributed by atoms with Crippen LogP contribution in [0.4, 0.5) is 0 Å². The summed E-state index contributed by atoms with van der Waals surface area (Å²) in [6.07, 6.45) is 1.09. The van der Waals surface area contributed by atoms with E-state index in [9.17, 15) is 4.79 Å². The van der Waals surface area contributed by atoms with Crippen LogP contribution in [0, 0.1) is 0 Å². The van der Waals surface area contributed by atoms with Crippen LogP contribution in [0.1, 0.15) is 33.6 Å². The number of ether oxygens (including phenoxy) is 3. The first kappa shape index (κ1) is 11.5. The fourth-order valence-corrected chi connectivity index (χ4v) is 1.42. The van der Waals surface area contributed by atoms with Crippen molar-refractivity contribution in [1.82, 2.24) is 0 Å². The molecule has 1 saturated heterocycles. The van der Waals surface area contributed by atoms with E-state index in [2.05, 4.69) is 0 Å². The minimum absolute atomic E-state index is 0.0226. The normalized spacial score (nSPS) is 24.9. The van der Waals surface area contributed by atoms with Crippen LogP contribution in [0.5, 0.6) is 0 Å². The van der Waals surface area contributed by atoms with E-state index >= 15 is 0 Å². The summed E-state index contributed by atoms with van der Waals surface area (Å²) in [6.45, 7) is 6.55. The summed E-state index contributed by atoms with van der Waals surface area (Å²) in [4.78, 5) is 11.0. The van der Waals surface area contributed by atoms with Crippen LogP contribution in [0.25, 0.3) is 0 Å². The summed E-state index contributed by atoms with van der Waals surface area (Å²) in [5.41, 5.74) is 0. The Labute approximate surface area is 84.5 Å². The third-order valence-electron chi connectivity index (χ3n) is 2.04. The van der Waals surface area contributed by atoms with Gasteiger partial charge in [0.15, 0.2) is 5.79 Å². The molecule has 0 bridgehead atoms. The molecule has 0 spiro atoms. The Balaban J connectivity index is 2.17. The first-order valence-electron chi connectivity index (χ1n) is 5.01. The first-order valence-corrected chi connectivity index (χ1v) is 5.01. The predicted octanol–water partition coefficient (Wildman–Crippen LogP) is 1.48. The molecule has 0 saturated carbocycles. The molecular weight excluding hydrogens is 184 g/mol. The lowest BCUT2D eigenvalue weighted by Gasteiger charge is -2.16. The van der Waals surface area contributed by atoms with Crippen LogP contribution < -0.4 is 0 Å². The zero-order valence-corrected chi connectivity index (χ0v) is 9.04. The molecule has 1 rings (SSSR count). The summed E-state index contributed by atoms with van der Waals surface area (Å²) < 4.78 is 15.7. The van der Waals surface area contributed by atoms with E-state index in [4.69, 9.17) is 14.2 Å². The SMILES string of the molecule is CCOC(=O)CCC1COC(C)(C)O1. The van der Waals surface area contributed by atoms with Crippen molar-refractivity contribution in [2.75, 3.05) is 13.2 Å². The molecular formula is C10H18O4. The smallest absolute Gasteiger partial charge is 0.305 e. The van der Waals surface area contributed by atoms with Gasteiger partial charge in [0, 0.05) is 6.42 Å². The second-order valence-electron chi connectivity index (χ2n) is 3.79. The monoisotopic (exact) mass is 202 g/mol. The molecule has 4 heteroatoms. The zero-order chi connectivity index (χ0) is 10.6. The maximum Gasteiger partial charge on any atom is 0.305 e. The zero-order valence-electron chi connectivity index (χ0n) is 9.04. The summed E-state index contributed by atoms with van der Waals surface area (Å²) in [7, 11) is 0. The third-order valence-corrected chi connectivity index (χ3v) is 2.04. The van der Waals surface area contributed by atoms with E-state index in [1.807, 2.05) is 13.8 Å². The maximum atomic E-state index is 11.0. The molecule has 4 nitrogen and oxygen atoms in total. The van der Waals surface area contributed by atoms with Gasteiger partial charge < -0.3 is 14.2 Å². The van der Waals surface area contributed by atoms with E-state index in [-0.39, 0.29) is 12.1 Å². The van der Waals surface area contributed by atoms with Crippen LogP contribution in [0.15, 0.2) is 0 Å². The number of rotatable bonds is 4. The topological polar surface area (TPSA) is 44.8 Å². The number of hydrogen-bond donors (Lipinski definition) is 0. The van der Waals surface area contributed by atoms with Crippen molar-refractivity contribution < 1.29 is 19.0 Å². The van der Waals surface area contributed by atoms with Gasteiger partial charge >= 0.3 is 5.97 Å². The van der Waals surface area contributed by atoms with Gasteiger partial charge in [0.2, 0.25) is 0 Å². The molecule has 14 heavy (non-hydrogen) atoms. The van der Waals surface area contributed by atoms with Crippen LogP contribution in [0.2, 0.25) is 0 Å². The van der Waals surface area contributed by atoms with Crippen LogP contribution in [-0.4, -0.2) is 31.1 Å². The highest BCUT2D eigenvalue weighted by molar-refractivity contribution is 5.69. The van der Waals surface area contributed by atoms with Crippen molar-refractivity contribution in [3.05, 3.63) is 0 Å². The molecule has 1 aliphatic rings. The van der Waals surface area contributed by atoms with Crippen LogP contribution in [0.3, 0.4) is 0 Å². The number of carbonyl (C=O) groups excluding carboxylic acids is 1. The van der Waals surface area contributed by atoms with Gasteiger partial charge in [-0.1, -0.05) is 0 Å². The lowest BCUT2D eigenvalue weighted by molar-refractivity contribution is -0.148. The standard InChI is InChI=1S/C10H18O4/c1-4-12-9(11)6-5-8-7-13-10(2,3)14-8/h8H,4-7H2,1-3H3. The number of hydrogen-bond acceptors (Lipinski definition) is 4. The van der Waals surface area contributed by atoms with Crippen molar-refractivity contribution in [2.24, 2.45) is 0 Å². The molecule has 0 aliphatic carbocycles. The van der Waals surface area contributed by atoms with E-state index in [1.165, 1.54) is 0 Å². The maximum absolute atomic E-state index is 11.0. The molecule has 0 radical (unpaired) electrons. The Kier molecular flexibility index (Phi) is 3.89. The molecule has 1 fully saturated rings. The molecule has 1 atom stereocenters. The fraction of sp³-hybridized carbons (Fsp3) is 0.900. The van der Waals surface area contributed by atoms with Gasteiger partial charge in [0.25, 0.3) is 0 Å². The molecule has 1 unspecified atom stereocenters. The highest BCUT2D eigenvalue weighted by Crippen LogP contribution is 2.24. The van der Waals surface area contributed by atoms with Gasteiger partial charge in [0.1, 0.15) is 0 Å². The Morgan fingerprint density at radius 1 is 1.57 bits per heavy atom. The Morgan fingerprint density at radius 3 is 2.79 bits per heavy atom. The van der Waals surface area contributed by atoms with E-state index in [0.717, 1.165) is 0 Å². The highest BCUT2D eigenvalue weighted by atomic mass is 16.7. The van der Waals surface area contributed by atoms with E-state index in [0.29, 0.717) is 26.1 Å². The van der Waals surface area contributed by atoms with Gasteiger partial charge in [-0.25, -0.2) is 0 Å². The Hall–Kier alpha value is -0.610. The lowest BCUT2D eigenvalue weighted by Crippen LogP contribution is -2.22. The average molecular weight is 202 g/mol. The molecule has 82 valence electrons. The quantitative estimate of drug-likeness (QED) is 0.648. The van der Waals surface area contributed by atoms with Gasteiger partial charge in [-0.2, -0.15) is 0 Å². The number of esters is 1. The highest BCUT2D eigenvalue weighted by Gasteiger charge is 2.32. The largest absolute Gasteiger partial charge is 0.466 e. The summed E-state index contributed by atoms with van der Waals surface area (Å²) in [6, 6.07) is 0. The molecule has 0 aromatic heterocycles. The Morgan fingerprint density at radius 2 is 2.29 bits per heavy atom. The lowest BCUT2D eigenvalue weighted by atomic mass is 10.2. The van der Waals surface area contributed by atoms with E-state index < -0.39 is 5.79 Å². The Bertz CT molecular complexity index is 200. The first-order chi connectivity index (χ1) is 6.53. The van der Waals surface area contributed by atoms with Crippen LogP contribution in [-0.2, 0) is 19.0 Å². The summed E-state index contributed by atoms with van der Waals surface area (Å²) >= 11 is 0.